The molecule has 1 heterocycles. The van der Waals surface area contributed by atoms with Gasteiger partial charge in [0, 0.05) is 42.2 Å². The number of nitrogens with zero attached hydrogens (tertiary/aromatic N) is 2. The van der Waals surface area contributed by atoms with Crippen molar-refractivity contribution in [1.29, 1.82) is 5.41 Å². The molecule has 0 bridgehead atoms. The fourth-order valence-corrected chi connectivity index (χ4v) is 3.66. The van der Waals surface area contributed by atoms with Crippen molar-refractivity contribution in [2.45, 2.75) is 13.5 Å². The number of nitrogen functional groups attached to an aromatic ring is 1. The fraction of sp³-hybridized carbons (Fsp3) is 0.192. The summed E-state index contributed by atoms with van der Waals surface area (Å²) < 4.78 is 2.04. The van der Waals surface area contributed by atoms with Gasteiger partial charge in [-0.3, -0.25) is 15.2 Å². The molecular formula is C26H30N5O+. The molecule has 0 spiro atoms. The van der Waals surface area contributed by atoms with Crippen molar-refractivity contribution in [2.24, 2.45) is 5.73 Å². The summed E-state index contributed by atoms with van der Waals surface area (Å²) in [6, 6.07) is 17.5. The number of nitrogens with one attached hydrogen (secondary N) is 2. The van der Waals surface area contributed by atoms with E-state index in [9.17, 15) is 4.79 Å². The molecule has 0 saturated heterocycles. The van der Waals surface area contributed by atoms with Gasteiger partial charge in [0.05, 0.1) is 0 Å². The second kappa shape index (κ2) is 10.4. The molecule has 2 aromatic carbocycles. The van der Waals surface area contributed by atoms with E-state index < -0.39 is 0 Å². The standard InChI is InChI=1S/C26H29N5O/c1-4-19(13-14-29-3)17-30(5-2)26(32)24-16-21-10-6-7-12-23(21)31(24)18-20-9-8-11-22(15-20)25(27)28/h4,6-16H,1,5,17-18H2,2-3H3,(H3,27,28)/p+1/b19-13+,29-14?. The molecule has 6 nitrogen and oxygen atoms in total. The number of hydrogen-bond donors (Lipinski definition) is 3. The molecule has 0 aliphatic heterocycles. The molecular weight excluding hydrogens is 398 g/mol. The third kappa shape index (κ3) is 5.03. The van der Waals surface area contributed by atoms with Gasteiger partial charge in [-0.15, -0.1) is 0 Å². The van der Waals surface area contributed by atoms with Crippen molar-refractivity contribution in [2.75, 3.05) is 20.1 Å². The number of para-hydroxylation sites is 1. The summed E-state index contributed by atoms with van der Waals surface area (Å²) in [7, 11) is 1.83. The van der Waals surface area contributed by atoms with Gasteiger partial charge in [0.25, 0.3) is 5.91 Å². The van der Waals surface area contributed by atoms with E-state index in [4.69, 9.17) is 11.1 Å². The van der Waals surface area contributed by atoms with Crippen LogP contribution in [0.2, 0.25) is 0 Å². The molecule has 1 aromatic heterocycles. The number of carbonyl (C=O) groups is 1. The van der Waals surface area contributed by atoms with Crippen LogP contribution >= 0.6 is 0 Å². The van der Waals surface area contributed by atoms with Gasteiger partial charge in [0.2, 0.25) is 0 Å². The van der Waals surface area contributed by atoms with Gasteiger partial charge in [-0.1, -0.05) is 49.1 Å². The topological polar surface area (TPSA) is 89.1 Å². The maximum absolute atomic E-state index is 13.6. The number of aromatic nitrogens is 1. The molecule has 0 aliphatic carbocycles. The molecule has 1 amide bonds. The first-order valence-corrected chi connectivity index (χ1v) is 10.6. The second-order valence-corrected chi connectivity index (χ2v) is 7.51. The first kappa shape index (κ1) is 22.7. The highest BCUT2D eigenvalue weighted by molar-refractivity contribution is 5.99. The highest BCUT2D eigenvalue weighted by Crippen LogP contribution is 2.23. The highest BCUT2D eigenvalue weighted by Gasteiger charge is 2.21. The number of hydrogen-bond acceptors (Lipinski definition) is 2. The van der Waals surface area contributed by atoms with Gasteiger partial charge in [-0.25, -0.2) is 0 Å². The van der Waals surface area contributed by atoms with E-state index in [0.29, 0.717) is 30.9 Å². The van der Waals surface area contributed by atoms with Crippen molar-refractivity contribution in [3.8, 4) is 0 Å². The number of carbonyl (C=O) groups excluding carboxylic acids is 1. The lowest BCUT2D eigenvalue weighted by atomic mass is 10.1. The summed E-state index contributed by atoms with van der Waals surface area (Å²) in [5, 5.41) is 8.74. The molecule has 0 aliphatic rings. The molecule has 0 fully saturated rings. The van der Waals surface area contributed by atoms with Crippen molar-refractivity contribution in [1.82, 2.24) is 9.47 Å². The lowest BCUT2D eigenvalue weighted by Gasteiger charge is -2.22. The first-order valence-electron chi connectivity index (χ1n) is 10.6. The lowest BCUT2D eigenvalue weighted by Crippen LogP contribution is -2.62. The van der Waals surface area contributed by atoms with Crippen LogP contribution in [0.3, 0.4) is 0 Å². The van der Waals surface area contributed by atoms with Crippen LogP contribution in [-0.2, 0) is 6.54 Å². The molecule has 164 valence electrons. The summed E-state index contributed by atoms with van der Waals surface area (Å²) in [4.78, 5) is 18.4. The predicted octanol–water partition coefficient (Wildman–Crippen LogP) is 2.33. The first-order chi connectivity index (χ1) is 15.5. The molecule has 6 heteroatoms. The van der Waals surface area contributed by atoms with Gasteiger partial charge < -0.3 is 15.2 Å². The van der Waals surface area contributed by atoms with Crippen molar-refractivity contribution >= 4 is 28.9 Å². The number of benzene rings is 2. The summed E-state index contributed by atoms with van der Waals surface area (Å²) in [6.07, 6.45) is 5.52. The molecule has 0 radical (unpaired) electrons. The Morgan fingerprint density at radius 1 is 1.22 bits per heavy atom. The average Bonchev–Trinajstić information content (AvgIpc) is 3.17. The maximum atomic E-state index is 13.6. The molecule has 0 atom stereocenters. The highest BCUT2D eigenvalue weighted by atomic mass is 16.2. The number of nitrogens with two attached hydrogens (primary N) is 1. The van der Waals surface area contributed by atoms with Crippen LogP contribution in [0.25, 0.3) is 10.9 Å². The molecule has 0 unspecified atom stereocenters. The van der Waals surface area contributed by atoms with Gasteiger partial charge in [0.15, 0.2) is 6.21 Å². The Kier molecular flexibility index (Phi) is 7.39. The minimum atomic E-state index is -0.0383. The van der Waals surface area contributed by atoms with E-state index in [-0.39, 0.29) is 11.7 Å². The van der Waals surface area contributed by atoms with Crippen LogP contribution in [0.4, 0.5) is 0 Å². The van der Waals surface area contributed by atoms with Gasteiger partial charge in [0.1, 0.15) is 18.6 Å². The Morgan fingerprint density at radius 3 is 2.69 bits per heavy atom. The fourth-order valence-electron chi connectivity index (χ4n) is 3.66. The van der Waals surface area contributed by atoms with E-state index in [1.54, 1.807) is 6.08 Å². The molecule has 32 heavy (non-hydrogen) atoms. The third-order valence-electron chi connectivity index (χ3n) is 5.38. The number of rotatable bonds is 9. The van der Waals surface area contributed by atoms with Crippen molar-refractivity contribution in [3.63, 3.8) is 0 Å². The number of amides is 1. The minimum absolute atomic E-state index is 0.0276. The van der Waals surface area contributed by atoms with Crippen LogP contribution in [0.5, 0.6) is 0 Å². The van der Waals surface area contributed by atoms with E-state index in [2.05, 4.69) is 11.6 Å². The second-order valence-electron chi connectivity index (χ2n) is 7.51. The Labute approximate surface area is 188 Å². The lowest BCUT2D eigenvalue weighted by molar-refractivity contribution is -0.413. The van der Waals surface area contributed by atoms with Crippen molar-refractivity contribution < 1.29 is 9.79 Å². The molecule has 3 rings (SSSR count). The predicted molar refractivity (Wildman–Crippen MR) is 131 cm³/mol. The molecule has 4 N–H and O–H groups in total. The van der Waals surface area contributed by atoms with Crippen LogP contribution < -0.4 is 10.7 Å². The minimum Gasteiger partial charge on any atom is -0.384 e. The number of likely N-dealkylation sites (N-methyl/N-ethyl adjacent to an activating group) is 1. The van der Waals surface area contributed by atoms with Crippen LogP contribution in [-0.4, -0.2) is 47.6 Å². The third-order valence-corrected chi connectivity index (χ3v) is 5.38. The smallest absolute Gasteiger partial charge is 0.270 e. The van der Waals surface area contributed by atoms with Crippen molar-refractivity contribution in [3.05, 3.63) is 95.7 Å². The Balaban J connectivity index is 2.02. The normalized spacial score (nSPS) is 11.8. The maximum Gasteiger partial charge on any atom is 0.270 e. The summed E-state index contributed by atoms with van der Waals surface area (Å²) in [5.41, 5.74) is 9.89. The van der Waals surface area contributed by atoms with Crippen LogP contribution in [0.1, 0.15) is 28.5 Å². The zero-order valence-corrected chi connectivity index (χ0v) is 18.6. The average molecular weight is 429 g/mol. The molecule has 0 saturated carbocycles. The number of fused-ring (bicyclic) bond motifs is 1. The van der Waals surface area contributed by atoms with E-state index in [0.717, 1.165) is 22.0 Å². The SMILES string of the molecule is C=C/C(=C\C=[NH+]C)CN(CC)C(=O)c1cc2ccccc2n1Cc1cccc(C(=N)N)c1. The van der Waals surface area contributed by atoms with E-state index in [1.807, 2.05) is 90.3 Å². The number of amidine groups is 1. The van der Waals surface area contributed by atoms with Gasteiger partial charge >= 0.3 is 0 Å². The van der Waals surface area contributed by atoms with Crippen LogP contribution in [0.15, 0.2) is 78.9 Å². The monoisotopic (exact) mass is 428 g/mol. The Morgan fingerprint density at radius 2 is 2.00 bits per heavy atom. The van der Waals surface area contributed by atoms with Crippen LogP contribution in [0, 0.1) is 5.41 Å². The Hall–Kier alpha value is -3.93. The largest absolute Gasteiger partial charge is 0.384 e. The quantitative estimate of drug-likeness (QED) is 0.277. The summed E-state index contributed by atoms with van der Waals surface area (Å²) in [6.45, 7) is 7.40. The Bertz CT molecular complexity index is 1200. The molecule has 3 aromatic rings. The zero-order chi connectivity index (χ0) is 23.1. The summed E-state index contributed by atoms with van der Waals surface area (Å²) in [5.74, 6) is -0.0107. The van der Waals surface area contributed by atoms with E-state index in [1.165, 1.54) is 0 Å². The van der Waals surface area contributed by atoms with Gasteiger partial charge in [-0.05, 0) is 36.3 Å². The van der Waals surface area contributed by atoms with Gasteiger partial charge in [-0.2, -0.15) is 0 Å². The van der Waals surface area contributed by atoms with E-state index >= 15 is 0 Å². The summed E-state index contributed by atoms with van der Waals surface area (Å²) >= 11 is 0. The number of allylic oxidation sites excluding steroid dienone is 1. The zero-order valence-electron chi connectivity index (χ0n) is 18.6.